The summed E-state index contributed by atoms with van der Waals surface area (Å²) in [5, 5.41) is 2.73. The van der Waals surface area contributed by atoms with Gasteiger partial charge >= 0.3 is 5.97 Å². The van der Waals surface area contributed by atoms with E-state index in [9.17, 15) is 18.0 Å². The van der Waals surface area contributed by atoms with Gasteiger partial charge in [-0.2, -0.15) is 0 Å². The average molecular weight is 380 g/mol. The van der Waals surface area contributed by atoms with E-state index < -0.39 is 16.0 Å². The van der Waals surface area contributed by atoms with E-state index in [-0.39, 0.29) is 23.8 Å². The molecule has 0 fully saturated rings. The lowest BCUT2D eigenvalue weighted by Crippen LogP contribution is -2.29. The van der Waals surface area contributed by atoms with Gasteiger partial charge in [0, 0.05) is 12.2 Å². The Labute approximate surface area is 153 Å². The SMILES string of the molecule is CS(=O)(=O)Nc1cccc(C(=O)OCC(=O)NCCC2=CCCCC2)c1. The molecular weight excluding hydrogens is 356 g/mol. The Hall–Kier alpha value is -2.35. The van der Waals surface area contributed by atoms with Crippen molar-refractivity contribution in [3.63, 3.8) is 0 Å². The molecule has 0 radical (unpaired) electrons. The molecular formula is C18H24N2O5S. The lowest BCUT2D eigenvalue weighted by atomic mass is 9.97. The van der Waals surface area contributed by atoms with Crippen molar-refractivity contribution in [3.8, 4) is 0 Å². The van der Waals surface area contributed by atoms with Gasteiger partial charge < -0.3 is 10.1 Å². The second-order valence-corrected chi connectivity index (χ2v) is 7.99. The summed E-state index contributed by atoms with van der Waals surface area (Å²) in [7, 11) is -3.44. The van der Waals surface area contributed by atoms with E-state index in [1.807, 2.05) is 0 Å². The lowest BCUT2D eigenvalue weighted by molar-refractivity contribution is -0.124. The van der Waals surface area contributed by atoms with E-state index in [0.717, 1.165) is 25.5 Å². The number of allylic oxidation sites excluding steroid dienone is 1. The normalized spacial score (nSPS) is 14.3. The number of nitrogens with one attached hydrogen (secondary N) is 2. The summed E-state index contributed by atoms with van der Waals surface area (Å²) in [6.45, 7) is 0.150. The molecule has 1 amide bonds. The molecule has 142 valence electrons. The molecule has 2 N–H and O–H groups in total. The van der Waals surface area contributed by atoms with Gasteiger partial charge in [-0.3, -0.25) is 9.52 Å². The smallest absolute Gasteiger partial charge is 0.338 e. The number of benzene rings is 1. The van der Waals surface area contributed by atoms with Crippen LogP contribution in [-0.4, -0.2) is 39.7 Å². The van der Waals surface area contributed by atoms with Crippen LogP contribution in [0.1, 0.15) is 42.5 Å². The van der Waals surface area contributed by atoms with E-state index in [4.69, 9.17) is 4.74 Å². The maximum atomic E-state index is 12.0. The van der Waals surface area contributed by atoms with Crippen LogP contribution < -0.4 is 10.0 Å². The minimum absolute atomic E-state index is 0.166. The van der Waals surface area contributed by atoms with Crippen molar-refractivity contribution in [1.82, 2.24) is 5.32 Å². The van der Waals surface area contributed by atoms with Crippen molar-refractivity contribution in [2.45, 2.75) is 32.1 Å². The van der Waals surface area contributed by atoms with Crippen LogP contribution in [0.15, 0.2) is 35.9 Å². The highest BCUT2D eigenvalue weighted by molar-refractivity contribution is 7.92. The molecule has 1 aromatic carbocycles. The largest absolute Gasteiger partial charge is 0.452 e. The average Bonchev–Trinajstić information content (AvgIpc) is 2.59. The first-order valence-electron chi connectivity index (χ1n) is 8.53. The van der Waals surface area contributed by atoms with E-state index in [0.29, 0.717) is 6.54 Å². The third-order valence-corrected chi connectivity index (χ3v) is 4.50. The van der Waals surface area contributed by atoms with Crippen LogP contribution >= 0.6 is 0 Å². The standard InChI is InChI=1S/C18H24N2O5S/c1-26(23,24)20-16-9-5-8-15(12-16)18(22)25-13-17(21)19-11-10-14-6-3-2-4-7-14/h5-6,8-9,12,20H,2-4,7,10-11,13H2,1H3,(H,19,21). The molecule has 0 unspecified atom stereocenters. The molecule has 1 aromatic rings. The van der Waals surface area contributed by atoms with Crippen LogP contribution in [0.4, 0.5) is 5.69 Å². The predicted molar refractivity (Wildman–Crippen MR) is 99.4 cm³/mol. The highest BCUT2D eigenvalue weighted by Gasteiger charge is 2.12. The molecule has 8 heteroatoms. The topological polar surface area (TPSA) is 102 Å². The zero-order chi connectivity index (χ0) is 19.0. The molecule has 1 aliphatic rings. The van der Waals surface area contributed by atoms with Crippen LogP contribution in [0.2, 0.25) is 0 Å². The summed E-state index contributed by atoms with van der Waals surface area (Å²) in [4.78, 5) is 23.8. The fraction of sp³-hybridized carbons (Fsp3) is 0.444. The molecule has 26 heavy (non-hydrogen) atoms. The number of amides is 1. The summed E-state index contributed by atoms with van der Waals surface area (Å²) in [5.41, 5.74) is 1.79. The maximum absolute atomic E-state index is 12.0. The molecule has 0 atom stereocenters. The summed E-state index contributed by atoms with van der Waals surface area (Å²) >= 11 is 0. The van der Waals surface area contributed by atoms with Gasteiger partial charge in [0.15, 0.2) is 6.61 Å². The first-order valence-corrected chi connectivity index (χ1v) is 10.4. The predicted octanol–water partition coefficient (Wildman–Crippen LogP) is 2.22. The van der Waals surface area contributed by atoms with Crippen LogP contribution in [0, 0.1) is 0 Å². The van der Waals surface area contributed by atoms with Gasteiger partial charge in [-0.25, -0.2) is 13.2 Å². The summed E-state index contributed by atoms with van der Waals surface area (Å²) < 4.78 is 29.7. The third-order valence-electron chi connectivity index (χ3n) is 3.89. The van der Waals surface area contributed by atoms with Crippen molar-refractivity contribution in [3.05, 3.63) is 41.5 Å². The summed E-state index contributed by atoms with van der Waals surface area (Å²) in [5.74, 6) is -1.05. The molecule has 0 aliphatic heterocycles. The van der Waals surface area contributed by atoms with Gasteiger partial charge in [0.25, 0.3) is 5.91 Å². The minimum atomic E-state index is -3.44. The number of rotatable bonds is 8. The Morgan fingerprint density at radius 3 is 2.73 bits per heavy atom. The van der Waals surface area contributed by atoms with E-state index >= 15 is 0 Å². The summed E-state index contributed by atoms with van der Waals surface area (Å²) in [6.07, 6.45) is 8.69. The monoisotopic (exact) mass is 380 g/mol. The van der Waals surface area contributed by atoms with Crippen molar-refractivity contribution in [2.75, 3.05) is 24.1 Å². The lowest BCUT2D eigenvalue weighted by Gasteiger charge is -2.13. The van der Waals surface area contributed by atoms with Gasteiger partial charge in [-0.05, 0) is 50.3 Å². The molecule has 0 aromatic heterocycles. The van der Waals surface area contributed by atoms with Crippen LogP contribution in [0.25, 0.3) is 0 Å². The first kappa shape index (κ1) is 20.0. The molecule has 0 heterocycles. The number of esters is 1. The number of ether oxygens (including phenoxy) is 1. The van der Waals surface area contributed by atoms with Gasteiger partial charge in [0.1, 0.15) is 0 Å². The maximum Gasteiger partial charge on any atom is 0.338 e. The number of hydrogen-bond acceptors (Lipinski definition) is 5. The van der Waals surface area contributed by atoms with E-state index in [1.54, 1.807) is 0 Å². The van der Waals surface area contributed by atoms with Gasteiger partial charge in [-0.1, -0.05) is 17.7 Å². The third kappa shape index (κ3) is 7.26. The first-order chi connectivity index (χ1) is 12.3. The molecule has 0 saturated heterocycles. The van der Waals surface area contributed by atoms with Gasteiger partial charge in [-0.15, -0.1) is 0 Å². The zero-order valence-electron chi connectivity index (χ0n) is 14.8. The van der Waals surface area contributed by atoms with Crippen molar-refractivity contribution < 1.29 is 22.7 Å². The van der Waals surface area contributed by atoms with Crippen LogP contribution in [0.3, 0.4) is 0 Å². The molecule has 0 bridgehead atoms. The van der Waals surface area contributed by atoms with E-state index in [2.05, 4.69) is 16.1 Å². The fourth-order valence-corrected chi connectivity index (χ4v) is 3.24. The quantitative estimate of drug-likeness (QED) is 0.532. The Kier molecular flexibility index (Phi) is 7.20. The zero-order valence-corrected chi connectivity index (χ0v) is 15.6. The van der Waals surface area contributed by atoms with Crippen molar-refractivity contribution in [2.24, 2.45) is 0 Å². The Morgan fingerprint density at radius 1 is 1.23 bits per heavy atom. The number of hydrogen-bond donors (Lipinski definition) is 2. The number of carbonyl (C=O) groups is 2. The fourth-order valence-electron chi connectivity index (χ4n) is 2.68. The number of sulfonamides is 1. The molecule has 0 saturated carbocycles. The summed E-state index contributed by atoms with van der Waals surface area (Å²) in [6, 6.07) is 5.90. The molecule has 0 spiro atoms. The molecule has 1 aliphatic carbocycles. The highest BCUT2D eigenvalue weighted by atomic mass is 32.2. The second-order valence-electron chi connectivity index (χ2n) is 6.24. The minimum Gasteiger partial charge on any atom is -0.452 e. The van der Waals surface area contributed by atoms with Gasteiger partial charge in [0.2, 0.25) is 10.0 Å². The van der Waals surface area contributed by atoms with Gasteiger partial charge in [0.05, 0.1) is 11.8 Å². The van der Waals surface area contributed by atoms with Crippen LogP contribution in [-0.2, 0) is 19.6 Å². The highest BCUT2D eigenvalue weighted by Crippen LogP contribution is 2.19. The number of anilines is 1. The molecule has 7 nitrogen and oxygen atoms in total. The second kappa shape index (κ2) is 9.38. The van der Waals surface area contributed by atoms with Crippen molar-refractivity contribution >= 4 is 27.6 Å². The molecule has 2 rings (SSSR count). The van der Waals surface area contributed by atoms with E-state index in [1.165, 1.54) is 42.7 Å². The Bertz CT molecular complexity index is 787. The number of carbonyl (C=O) groups excluding carboxylic acids is 2. The Morgan fingerprint density at radius 2 is 2.04 bits per heavy atom. The Balaban J connectivity index is 1.76. The van der Waals surface area contributed by atoms with Crippen LogP contribution in [0.5, 0.6) is 0 Å². The van der Waals surface area contributed by atoms with Crippen molar-refractivity contribution in [1.29, 1.82) is 0 Å².